The van der Waals surface area contributed by atoms with Crippen molar-refractivity contribution in [2.45, 2.75) is 6.42 Å². The average Bonchev–Trinajstić information content (AvgIpc) is 2.58. The average molecular weight is 304 g/mol. The zero-order valence-electron chi connectivity index (χ0n) is 12.4. The summed E-state index contributed by atoms with van der Waals surface area (Å²) in [5, 5.41) is 12.7. The van der Waals surface area contributed by atoms with Crippen molar-refractivity contribution in [1.82, 2.24) is 4.98 Å². The molecular weight excluding hydrogens is 288 g/mol. The van der Waals surface area contributed by atoms with E-state index < -0.39 is 0 Å². The molecule has 0 fully saturated rings. The number of anilines is 1. The summed E-state index contributed by atoms with van der Waals surface area (Å²) in [7, 11) is 0. The molecule has 0 unspecified atom stereocenters. The quantitative estimate of drug-likeness (QED) is 0.773. The van der Waals surface area contributed by atoms with Crippen LogP contribution in [0.2, 0.25) is 0 Å². The Bertz CT molecular complexity index is 802. The van der Waals surface area contributed by atoms with Crippen molar-refractivity contribution in [3.05, 3.63) is 89.7 Å². The van der Waals surface area contributed by atoms with Gasteiger partial charge in [0.1, 0.15) is 5.75 Å². The Morgan fingerprint density at radius 3 is 2.57 bits per heavy atom. The van der Waals surface area contributed by atoms with Gasteiger partial charge in [-0.25, -0.2) is 0 Å². The van der Waals surface area contributed by atoms with Crippen molar-refractivity contribution in [3.8, 4) is 5.75 Å². The normalized spacial score (nSPS) is 10.3. The Labute approximate surface area is 134 Å². The van der Waals surface area contributed by atoms with Gasteiger partial charge in [0, 0.05) is 6.20 Å². The van der Waals surface area contributed by atoms with E-state index in [1.165, 1.54) is 0 Å². The summed E-state index contributed by atoms with van der Waals surface area (Å²) < 4.78 is 0. The van der Waals surface area contributed by atoms with E-state index in [0.29, 0.717) is 12.1 Å². The highest BCUT2D eigenvalue weighted by molar-refractivity contribution is 6.06. The van der Waals surface area contributed by atoms with Crippen molar-refractivity contribution >= 4 is 11.6 Å². The molecule has 23 heavy (non-hydrogen) atoms. The topological polar surface area (TPSA) is 62.2 Å². The summed E-state index contributed by atoms with van der Waals surface area (Å²) >= 11 is 0. The number of phenolic OH excluding ortho intramolecular Hbond substituents is 1. The van der Waals surface area contributed by atoms with Crippen LogP contribution in [0.25, 0.3) is 0 Å². The maximum absolute atomic E-state index is 12.3. The first kappa shape index (κ1) is 14.8. The summed E-state index contributed by atoms with van der Waals surface area (Å²) in [5.74, 6) is -0.395. The highest BCUT2D eigenvalue weighted by atomic mass is 16.3. The Hall–Kier alpha value is -3.14. The van der Waals surface area contributed by atoms with Gasteiger partial charge in [-0.1, -0.05) is 36.4 Å². The molecule has 0 radical (unpaired) electrons. The molecule has 0 aliphatic heterocycles. The Kier molecular flexibility index (Phi) is 4.34. The number of hydrogen-bond donors (Lipinski definition) is 2. The minimum Gasteiger partial charge on any atom is -0.507 e. The molecule has 0 saturated heterocycles. The largest absolute Gasteiger partial charge is 0.507 e. The van der Waals surface area contributed by atoms with Gasteiger partial charge < -0.3 is 10.4 Å². The molecule has 0 saturated carbocycles. The highest BCUT2D eigenvalue weighted by Crippen LogP contribution is 2.21. The van der Waals surface area contributed by atoms with Gasteiger partial charge in [-0.05, 0) is 41.8 Å². The summed E-state index contributed by atoms with van der Waals surface area (Å²) in [4.78, 5) is 16.3. The zero-order valence-corrected chi connectivity index (χ0v) is 12.4. The smallest absolute Gasteiger partial charge is 0.259 e. The first-order valence-corrected chi connectivity index (χ1v) is 7.29. The van der Waals surface area contributed by atoms with Gasteiger partial charge in [0.15, 0.2) is 0 Å². The summed E-state index contributed by atoms with van der Waals surface area (Å²) in [6, 6.07) is 18.6. The fraction of sp³-hybridized carbons (Fsp3) is 0.0526. The highest BCUT2D eigenvalue weighted by Gasteiger charge is 2.12. The van der Waals surface area contributed by atoms with Crippen LogP contribution in [0.3, 0.4) is 0 Å². The van der Waals surface area contributed by atoms with Gasteiger partial charge in [0.05, 0.1) is 17.4 Å². The van der Waals surface area contributed by atoms with Gasteiger partial charge in [0.2, 0.25) is 0 Å². The van der Waals surface area contributed by atoms with Gasteiger partial charge in [-0.15, -0.1) is 0 Å². The lowest BCUT2D eigenvalue weighted by atomic mass is 10.0. The second kappa shape index (κ2) is 6.75. The molecule has 2 aromatic carbocycles. The molecule has 3 aromatic rings. The van der Waals surface area contributed by atoms with E-state index in [1.807, 2.05) is 36.4 Å². The Morgan fingerprint density at radius 1 is 1.00 bits per heavy atom. The van der Waals surface area contributed by atoms with Crippen molar-refractivity contribution in [1.29, 1.82) is 0 Å². The number of rotatable bonds is 4. The van der Waals surface area contributed by atoms with Crippen LogP contribution in [0.5, 0.6) is 5.75 Å². The first-order valence-electron chi connectivity index (χ1n) is 7.29. The van der Waals surface area contributed by atoms with Crippen molar-refractivity contribution < 1.29 is 9.90 Å². The molecule has 4 heteroatoms. The maximum Gasteiger partial charge on any atom is 0.259 e. The van der Waals surface area contributed by atoms with Gasteiger partial charge in [0.25, 0.3) is 5.91 Å². The van der Waals surface area contributed by atoms with Crippen LogP contribution < -0.4 is 5.32 Å². The van der Waals surface area contributed by atoms with E-state index in [-0.39, 0.29) is 17.2 Å². The van der Waals surface area contributed by atoms with Crippen LogP contribution in [0.1, 0.15) is 21.5 Å². The number of carbonyl (C=O) groups excluding carboxylic acids is 1. The number of benzene rings is 2. The van der Waals surface area contributed by atoms with E-state index in [4.69, 9.17) is 0 Å². The molecule has 2 N–H and O–H groups in total. The van der Waals surface area contributed by atoms with Crippen LogP contribution in [-0.4, -0.2) is 16.0 Å². The number of carbonyl (C=O) groups is 1. The number of phenols is 1. The van der Waals surface area contributed by atoms with Gasteiger partial charge in [-0.2, -0.15) is 0 Å². The molecule has 0 bridgehead atoms. The fourth-order valence-corrected chi connectivity index (χ4v) is 2.34. The summed E-state index contributed by atoms with van der Waals surface area (Å²) in [6.45, 7) is 0. The molecular formula is C19H16N2O2. The number of aromatic nitrogens is 1. The van der Waals surface area contributed by atoms with Gasteiger partial charge >= 0.3 is 0 Å². The fourth-order valence-electron chi connectivity index (χ4n) is 2.34. The zero-order chi connectivity index (χ0) is 16.1. The monoisotopic (exact) mass is 304 g/mol. The molecule has 1 aromatic heterocycles. The second-order valence-corrected chi connectivity index (χ2v) is 5.21. The number of aromatic hydroxyl groups is 1. The number of nitrogens with zero attached hydrogens (tertiary/aromatic N) is 1. The molecule has 4 nitrogen and oxygen atoms in total. The Morgan fingerprint density at radius 2 is 1.83 bits per heavy atom. The molecule has 0 spiro atoms. The van der Waals surface area contributed by atoms with Crippen LogP contribution in [0.15, 0.2) is 73.1 Å². The molecule has 3 rings (SSSR count). The molecule has 0 aliphatic rings. The third-order valence-corrected chi connectivity index (χ3v) is 3.48. The molecule has 0 aliphatic carbocycles. The van der Waals surface area contributed by atoms with Crippen LogP contribution in [-0.2, 0) is 6.42 Å². The van der Waals surface area contributed by atoms with Crippen LogP contribution >= 0.6 is 0 Å². The molecule has 0 atom stereocenters. The van der Waals surface area contributed by atoms with Crippen molar-refractivity contribution in [3.63, 3.8) is 0 Å². The summed E-state index contributed by atoms with van der Waals surface area (Å²) in [5.41, 5.74) is 2.95. The standard InChI is InChI=1S/C19H16N2O2/c22-18-9-8-15(11-14-5-2-1-3-6-14)12-17(18)19(23)21-16-7-4-10-20-13-16/h1-10,12-13,22H,11H2,(H,21,23). The number of pyridine rings is 1. The van der Waals surface area contributed by atoms with E-state index in [2.05, 4.69) is 10.3 Å². The molecule has 114 valence electrons. The van der Waals surface area contributed by atoms with Crippen LogP contribution in [0.4, 0.5) is 5.69 Å². The predicted octanol–water partition coefficient (Wildman–Crippen LogP) is 3.63. The lowest BCUT2D eigenvalue weighted by molar-refractivity contribution is 0.102. The number of hydrogen-bond acceptors (Lipinski definition) is 3. The molecule has 1 amide bonds. The predicted molar refractivity (Wildman–Crippen MR) is 89.5 cm³/mol. The van der Waals surface area contributed by atoms with Crippen LogP contribution in [0, 0.1) is 0 Å². The third kappa shape index (κ3) is 3.74. The lowest BCUT2D eigenvalue weighted by Crippen LogP contribution is -2.12. The van der Waals surface area contributed by atoms with E-state index in [0.717, 1.165) is 11.1 Å². The number of nitrogens with one attached hydrogen (secondary N) is 1. The maximum atomic E-state index is 12.3. The third-order valence-electron chi connectivity index (χ3n) is 3.48. The second-order valence-electron chi connectivity index (χ2n) is 5.21. The summed E-state index contributed by atoms with van der Waals surface area (Å²) in [6.07, 6.45) is 3.89. The minimum atomic E-state index is -0.356. The van der Waals surface area contributed by atoms with Gasteiger partial charge in [-0.3, -0.25) is 9.78 Å². The lowest BCUT2D eigenvalue weighted by Gasteiger charge is -2.09. The SMILES string of the molecule is O=C(Nc1cccnc1)c1cc(Cc2ccccc2)ccc1O. The van der Waals surface area contributed by atoms with Crippen molar-refractivity contribution in [2.24, 2.45) is 0 Å². The minimum absolute atomic E-state index is 0.0387. The Balaban J connectivity index is 1.81. The molecule has 1 heterocycles. The van der Waals surface area contributed by atoms with E-state index in [1.54, 1.807) is 36.7 Å². The van der Waals surface area contributed by atoms with E-state index >= 15 is 0 Å². The van der Waals surface area contributed by atoms with E-state index in [9.17, 15) is 9.90 Å². The number of amides is 1. The van der Waals surface area contributed by atoms with Crippen molar-refractivity contribution in [2.75, 3.05) is 5.32 Å². The first-order chi connectivity index (χ1) is 11.2.